The lowest BCUT2D eigenvalue weighted by Gasteiger charge is -2.26. The summed E-state index contributed by atoms with van der Waals surface area (Å²) in [4.78, 5) is 12.6. The summed E-state index contributed by atoms with van der Waals surface area (Å²) in [6.45, 7) is 6.34. The number of hydrogen-bond acceptors (Lipinski definition) is 6. The third-order valence-corrected chi connectivity index (χ3v) is 5.70. The van der Waals surface area contributed by atoms with Crippen LogP contribution < -0.4 is 14.8 Å². The van der Waals surface area contributed by atoms with Crippen LogP contribution in [0.4, 0.5) is 10.1 Å². The number of nitrogens with zero attached hydrogens (tertiary/aromatic N) is 3. The van der Waals surface area contributed by atoms with Crippen LogP contribution in [0, 0.1) is 5.82 Å². The Labute approximate surface area is 183 Å². The second-order valence-corrected chi connectivity index (χ2v) is 8.17. The SMILES string of the molecule is C=CCn1c(SC(C)C(=O)Nc2ccc(F)cc2)nnc1C1COc2ccccc2O1. The van der Waals surface area contributed by atoms with Gasteiger partial charge in [0.1, 0.15) is 12.4 Å². The van der Waals surface area contributed by atoms with E-state index in [1.165, 1.54) is 36.0 Å². The molecule has 0 saturated heterocycles. The summed E-state index contributed by atoms with van der Waals surface area (Å²) in [7, 11) is 0. The molecule has 0 spiro atoms. The summed E-state index contributed by atoms with van der Waals surface area (Å²) in [5, 5.41) is 11.5. The van der Waals surface area contributed by atoms with Crippen molar-refractivity contribution in [2.75, 3.05) is 11.9 Å². The normalized spacial score (nSPS) is 15.9. The number of rotatable bonds is 7. The number of thioether (sulfide) groups is 1. The van der Waals surface area contributed by atoms with Gasteiger partial charge in [-0.3, -0.25) is 9.36 Å². The molecule has 2 unspecified atom stereocenters. The van der Waals surface area contributed by atoms with E-state index in [0.29, 0.717) is 41.3 Å². The first-order valence-corrected chi connectivity index (χ1v) is 10.6. The summed E-state index contributed by atoms with van der Waals surface area (Å²) in [6, 6.07) is 13.1. The summed E-state index contributed by atoms with van der Waals surface area (Å²) in [6.07, 6.45) is 1.30. The Hall–Kier alpha value is -3.33. The smallest absolute Gasteiger partial charge is 0.237 e. The number of benzene rings is 2. The number of fused-ring (bicyclic) bond motifs is 1. The van der Waals surface area contributed by atoms with Gasteiger partial charge < -0.3 is 14.8 Å². The quantitative estimate of drug-likeness (QED) is 0.438. The van der Waals surface area contributed by atoms with Crippen LogP contribution in [0.2, 0.25) is 0 Å². The van der Waals surface area contributed by atoms with Crippen LogP contribution in [0.3, 0.4) is 0 Å². The van der Waals surface area contributed by atoms with Gasteiger partial charge in [0.25, 0.3) is 0 Å². The van der Waals surface area contributed by atoms with Gasteiger partial charge in [-0.1, -0.05) is 30.0 Å². The lowest BCUT2D eigenvalue weighted by atomic mass is 10.2. The Bertz CT molecular complexity index is 1090. The van der Waals surface area contributed by atoms with Gasteiger partial charge in [0.05, 0.1) is 5.25 Å². The highest BCUT2D eigenvalue weighted by Gasteiger charge is 2.29. The predicted octanol–water partition coefficient (Wildman–Crippen LogP) is 4.24. The molecule has 2 aromatic carbocycles. The molecule has 0 bridgehead atoms. The summed E-state index contributed by atoms with van der Waals surface area (Å²) in [5.41, 5.74) is 0.526. The van der Waals surface area contributed by atoms with E-state index in [2.05, 4.69) is 22.1 Å². The molecule has 0 fully saturated rings. The minimum Gasteiger partial charge on any atom is -0.485 e. The average molecular weight is 441 g/mol. The molecule has 1 N–H and O–H groups in total. The van der Waals surface area contributed by atoms with Crippen molar-refractivity contribution in [2.45, 2.75) is 30.0 Å². The van der Waals surface area contributed by atoms with Crippen molar-refractivity contribution in [1.29, 1.82) is 0 Å². The summed E-state index contributed by atoms with van der Waals surface area (Å²) in [5.74, 6) is 1.35. The number of hydrogen-bond donors (Lipinski definition) is 1. The number of anilines is 1. The Morgan fingerprint density at radius 2 is 2.03 bits per heavy atom. The van der Waals surface area contributed by atoms with Gasteiger partial charge in [0.15, 0.2) is 28.6 Å². The summed E-state index contributed by atoms with van der Waals surface area (Å²) < 4.78 is 26.8. The molecule has 0 aliphatic carbocycles. The first-order valence-electron chi connectivity index (χ1n) is 9.70. The van der Waals surface area contributed by atoms with E-state index < -0.39 is 11.4 Å². The molecular formula is C22H21FN4O3S. The average Bonchev–Trinajstić information content (AvgIpc) is 3.17. The Kier molecular flexibility index (Phi) is 6.22. The van der Waals surface area contributed by atoms with E-state index >= 15 is 0 Å². The Morgan fingerprint density at radius 3 is 2.77 bits per heavy atom. The van der Waals surface area contributed by atoms with E-state index in [1.807, 2.05) is 28.8 Å². The first-order chi connectivity index (χ1) is 15.0. The van der Waals surface area contributed by atoms with Crippen molar-refractivity contribution in [3.63, 3.8) is 0 Å². The second kappa shape index (κ2) is 9.22. The fourth-order valence-corrected chi connectivity index (χ4v) is 3.93. The molecule has 3 aromatic rings. The molecule has 1 aliphatic rings. The Morgan fingerprint density at radius 1 is 1.29 bits per heavy atom. The molecule has 160 valence electrons. The molecule has 4 rings (SSSR count). The number of amides is 1. The second-order valence-electron chi connectivity index (χ2n) is 6.86. The molecule has 9 heteroatoms. The highest BCUT2D eigenvalue weighted by Crippen LogP contribution is 2.36. The van der Waals surface area contributed by atoms with Gasteiger partial charge >= 0.3 is 0 Å². The van der Waals surface area contributed by atoms with Crippen molar-refractivity contribution >= 4 is 23.4 Å². The Balaban J connectivity index is 1.48. The maximum atomic E-state index is 13.1. The van der Waals surface area contributed by atoms with Crippen molar-refractivity contribution in [3.8, 4) is 11.5 Å². The van der Waals surface area contributed by atoms with Gasteiger partial charge in [-0.05, 0) is 43.3 Å². The zero-order chi connectivity index (χ0) is 21.8. The van der Waals surface area contributed by atoms with Crippen LogP contribution in [-0.4, -0.2) is 32.5 Å². The number of aromatic nitrogens is 3. The van der Waals surface area contributed by atoms with E-state index in [0.717, 1.165) is 0 Å². The molecule has 0 saturated carbocycles. The number of para-hydroxylation sites is 2. The molecule has 1 aromatic heterocycles. The first kappa shape index (κ1) is 20.9. The zero-order valence-electron chi connectivity index (χ0n) is 16.8. The highest BCUT2D eigenvalue weighted by molar-refractivity contribution is 8.00. The standard InChI is InChI=1S/C22H21FN4O3S/c1-3-12-27-20(19-13-29-17-6-4-5-7-18(17)30-19)25-26-22(27)31-14(2)21(28)24-16-10-8-15(23)9-11-16/h3-11,14,19H,1,12-13H2,2H3,(H,24,28). The van der Waals surface area contributed by atoms with Gasteiger partial charge in [-0.2, -0.15) is 0 Å². The topological polar surface area (TPSA) is 78.3 Å². The monoisotopic (exact) mass is 440 g/mol. The number of allylic oxidation sites excluding steroid dienone is 1. The van der Waals surface area contributed by atoms with Crippen LogP contribution in [0.1, 0.15) is 18.9 Å². The van der Waals surface area contributed by atoms with Crippen LogP contribution >= 0.6 is 11.8 Å². The minimum absolute atomic E-state index is 0.225. The lowest BCUT2D eigenvalue weighted by Crippen LogP contribution is -2.25. The fraction of sp³-hybridized carbons (Fsp3) is 0.227. The summed E-state index contributed by atoms with van der Waals surface area (Å²) >= 11 is 1.27. The number of carbonyl (C=O) groups excluding carboxylic acids is 1. The van der Waals surface area contributed by atoms with Crippen molar-refractivity contribution in [1.82, 2.24) is 14.8 Å². The largest absolute Gasteiger partial charge is 0.485 e. The van der Waals surface area contributed by atoms with Crippen LogP contribution in [0.15, 0.2) is 66.3 Å². The highest BCUT2D eigenvalue weighted by atomic mass is 32.2. The molecular weight excluding hydrogens is 419 g/mol. The third kappa shape index (κ3) is 4.72. The molecule has 31 heavy (non-hydrogen) atoms. The maximum Gasteiger partial charge on any atom is 0.237 e. The number of nitrogens with one attached hydrogen (secondary N) is 1. The van der Waals surface area contributed by atoms with E-state index in [1.54, 1.807) is 13.0 Å². The van der Waals surface area contributed by atoms with E-state index in [9.17, 15) is 9.18 Å². The van der Waals surface area contributed by atoms with Gasteiger partial charge in [-0.15, -0.1) is 16.8 Å². The number of ether oxygens (including phenoxy) is 2. The van der Waals surface area contributed by atoms with Gasteiger partial charge in [0.2, 0.25) is 5.91 Å². The molecule has 1 amide bonds. The molecule has 7 nitrogen and oxygen atoms in total. The van der Waals surface area contributed by atoms with Gasteiger partial charge in [-0.25, -0.2) is 4.39 Å². The van der Waals surface area contributed by atoms with Gasteiger partial charge in [0, 0.05) is 12.2 Å². The number of halogens is 1. The zero-order valence-corrected chi connectivity index (χ0v) is 17.6. The molecule has 2 heterocycles. The van der Waals surface area contributed by atoms with Crippen molar-refractivity contribution < 1.29 is 18.7 Å². The third-order valence-electron chi connectivity index (χ3n) is 4.62. The van der Waals surface area contributed by atoms with Crippen LogP contribution in [0.25, 0.3) is 0 Å². The predicted molar refractivity (Wildman–Crippen MR) is 116 cm³/mol. The van der Waals surface area contributed by atoms with Crippen molar-refractivity contribution in [2.24, 2.45) is 0 Å². The number of carbonyl (C=O) groups is 1. The maximum absolute atomic E-state index is 13.1. The molecule has 0 radical (unpaired) electrons. The van der Waals surface area contributed by atoms with Crippen LogP contribution in [-0.2, 0) is 11.3 Å². The minimum atomic E-state index is -0.463. The lowest BCUT2D eigenvalue weighted by molar-refractivity contribution is -0.115. The van der Waals surface area contributed by atoms with Crippen molar-refractivity contribution in [3.05, 3.63) is 72.8 Å². The molecule has 1 aliphatic heterocycles. The van der Waals surface area contributed by atoms with E-state index in [4.69, 9.17) is 9.47 Å². The molecule has 2 atom stereocenters. The van der Waals surface area contributed by atoms with Crippen LogP contribution in [0.5, 0.6) is 11.5 Å². The fourth-order valence-electron chi connectivity index (χ4n) is 3.06. The van der Waals surface area contributed by atoms with E-state index in [-0.39, 0.29) is 11.7 Å².